The van der Waals surface area contributed by atoms with Gasteiger partial charge in [0.05, 0.1) is 6.61 Å². The zero-order chi connectivity index (χ0) is 13.4. The number of carbonyl (C=O) groups excluding carboxylic acids is 1. The van der Waals surface area contributed by atoms with E-state index in [0.717, 1.165) is 21.0 Å². The van der Waals surface area contributed by atoms with E-state index < -0.39 is 46.3 Å². The third kappa shape index (κ3) is 4.99. The number of carbonyl (C=O) groups is 1. The van der Waals surface area contributed by atoms with Gasteiger partial charge in [0.25, 0.3) is 10.0 Å². The van der Waals surface area contributed by atoms with Crippen molar-refractivity contribution < 1.29 is 38.2 Å². The molecule has 17 heavy (non-hydrogen) atoms. The largest absolute Gasteiger partial charge is 0.505 e. The van der Waals surface area contributed by atoms with Crippen LogP contribution in [0.1, 0.15) is 0 Å². The number of aliphatic hydroxyl groups is 4. The Hall–Kier alpha value is -0.699. The van der Waals surface area contributed by atoms with Gasteiger partial charge in [0.1, 0.15) is 27.1 Å². The van der Waals surface area contributed by atoms with Crippen molar-refractivity contribution in [1.29, 1.82) is 0 Å². The second-order valence-corrected chi connectivity index (χ2v) is 7.86. The van der Waals surface area contributed by atoms with Gasteiger partial charge >= 0.3 is 5.97 Å². The molecule has 8 nitrogen and oxygen atoms in total. The third-order valence-electron chi connectivity index (χ3n) is 1.71. The highest BCUT2D eigenvalue weighted by molar-refractivity contribution is 6.33. The predicted molar refractivity (Wildman–Crippen MR) is 65.8 cm³/mol. The summed E-state index contributed by atoms with van der Waals surface area (Å²) in [6.07, 6.45) is -2.78. The molecule has 1 aliphatic rings. The Morgan fingerprint density at radius 3 is 2.18 bits per heavy atom. The minimum Gasteiger partial charge on any atom is -0.505 e. The van der Waals surface area contributed by atoms with Crippen molar-refractivity contribution in [3.05, 3.63) is 11.5 Å². The summed E-state index contributed by atoms with van der Waals surface area (Å²) in [5.74, 6) is -2.78. The molecule has 11 heteroatoms. The summed E-state index contributed by atoms with van der Waals surface area (Å²) in [6.45, 7) is -0.671. The number of rotatable bonds is 4. The highest BCUT2D eigenvalue weighted by atomic mass is 28.3. The average molecular weight is 300 g/mol. The molecule has 1 heterocycles. The van der Waals surface area contributed by atoms with Gasteiger partial charge in [-0.05, 0) is 0 Å². The molecule has 100 valence electrons. The van der Waals surface area contributed by atoms with Crippen LogP contribution in [0.5, 0.6) is 0 Å². The third-order valence-corrected chi connectivity index (χ3v) is 3.60. The number of hydrogen-bond donors (Lipinski definition) is 4. The van der Waals surface area contributed by atoms with E-state index in [2.05, 4.69) is 4.74 Å². The molecule has 0 aromatic rings. The van der Waals surface area contributed by atoms with Crippen molar-refractivity contribution in [1.82, 2.24) is 0 Å². The zero-order valence-electron chi connectivity index (χ0n) is 9.49. The molecule has 0 amide bonds. The first-order chi connectivity index (χ1) is 7.99. The highest BCUT2D eigenvalue weighted by Gasteiger charge is 2.38. The van der Waals surface area contributed by atoms with Crippen molar-refractivity contribution in [3.8, 4) is 0 Å². The SMILES string of the molecule is O=C1O[C@H]([C@@H](O)CO)C(O)=C1O.[SiH3]O[SiH2]O[SiH3]. The Balaban J connectivity index is 0.000000437. The topological polar surface area (TPSA) is 126 Å². The monoisotopic (exact) mass is 300 g/mol. The van der Waals surface area contributed by atoms with Crippen molar-refractivity contribution >= 4 is 36.9 Å². The highest BCUT2D eigenvalue weighted by Crippen LogP contribution is 2.20. The second-order valence-electron chi connectivity index (χ2n) is 3.00. The Bertz CT molecular complexity index is 280. The van der Waals surface area contributed by atoms with Gasteiger partial charge in [0.15, 0.2) is 11.9 Å². The quantitative estimate of drug-likeness (QED) is 0.301. The van der Waals surface area contributed by atoms with Crippen LogP contribution in [0.15, 0.2) is 11.5 Å². The van der Waals surface area contributed by atoms with Gasteiger partial charge in [0, 0.05) is 0 Å². The molecule has 2 atom stereocenters. The summed E-state index contributed by atoms with van der Waals surface area (Å²) in [5.41, 5.74) is 0. The van der Waals surface area contributed by atoms with Gasteiger partial charge in [-0.1, -0.05) is 0 Å². The maximum atomic E-state index is 10.5. The van der Waals surface area contributed by atoms with Gasteiger partial charge in [-0.3, -0.25) is 0 Å². The molecular weight excluding hydrogens is 284 g/mol. The van der Waals surface area contributed by atoms with Crippen molar-refractivity contribution in [2.24, 2.45) is 0 Å². The van der Waals surface area contributed by atoms with Crippen LogP contribution in [0.3, 0.4) is 0 Å². The van der Waals surface area contributed by atoms with E-state index in [9.17, 15) is 4.79 Å². The summed E-state index contributed by atoms with van der Waals surface area (Å²) in [5, 5.41) is 35.0. The van der Waals surface area contributed by atoms with Gasteiger partial charge in [-0.25, -0.2) is 4.79 Å². The molecule has 0 spiro atoms. The Morgan fingerprint density at radius 1 is 1.41 bits per heavy atom. The van der Waals surface area contributed by atoms with Crippen molar-refractivity contribution in [2.45, 2.75) is 12.2 Å². The minimum atomic E-state index is -1.42. The van der Waals surface area contributed by atoms with E-state index in [1.54, 1.807) is 0 Å². The molecule has 0 aromatic heterocycles. The first-order valence-electron chi connectivity index (χ1n) is 4.59. The molecule has 0 saturated heterocycles. The molecule has 1 rings (SSSR count). The van der Waals surface area contributed by atoms with Gasteiger partial charge in [0.2, 0.25) is 5.76 Å². The smallest absolute Gasteiger partial charge is 0.377 e. The number of esters is 1. The molecule has 0 radical (unpaired) electrons. The second kappa shape index (κ2) is 8.40. The number of hydrogen-bond acceptors (Lipinski definition) is 8. The molecule has 0 saturated carbocycles. The zero-order valence-corrected chi connectivity index (χ0v) is 14.9. The summed E-state index contributed by atoms with van der Waals surface area (Å²) in [4.78, 5) is 10.5. The normalized spacial score (nSPS) is 21.8. The van der Waals surface area contributed by atoms with Gasteiger partial charge in [-0.15, -0.1) is 0 Å². The summed E-state index contributed by atoms with van der Waals surface area (Å²) in [6, 6.07) is 0. The lowest BCUT2D eigenvalue weighted by molar-refractivity contribution is -0.147. The first-order valence-corrected chi connectivity index (χ1v) is 7.38. The van der Waals surface area contributed by atoms with Crippen LogP contribution >= 0.6 is 0 Å². The van der Waals surface area contributed by atoms with Crippen molar-refractivity contribution in [3.63, 3.8) is 0 Å². The van der Waals surface area contributed by atoms with E-state index in [1.165, 1.54) is 0 Å². The molecule has 0 aliphatic carbocycles. The number of ether oxygens (including phenoxy) is 1. The lowest BCUT2D eigenvalue weighted by Crippen LogP contribution is -2.31. The Kier molecular flexibility index (Phi) is 8.05. The van der Waals surface area contributed by atoms with E-state index in [0.29, 0.717) is 0 Å². The molecule has 0 fully saturated rings. The number of aliphatic hydroxyl groups excluding tert-OH is 4. The predicted octanol–water partition coefficient (Wildman–Crippen LogP) is -4.83. The fraction of sp³-hybridized carbons (Fsp3) is 0.500. The van der Waals surface area contributed by atoms with Crippen LogP contribution in [0, 0.1) is 0 Å². The molecule has 1 aliphatic heterocycles. The van der Waals surface area contributed by atoms with Crippen LogP contribution < -0.4 is 0 Å². The van der Waals surface area contributed by atoms with E-state index in [1.807, 2.05) is 0 Å². The number of cyclic esters (lactones) is 1. The maximum Gasteiger partial charge on any atom is 0.377 e. The van der Waals surface area contributed by atoms with Crippen molar-refractivity contribution in [2.75, 3.05) is 6.61 Å². The fourth-order valence-electron chi connectivity index (χ4n) is 0.941. The van der Waals surface area contributed by atoms with Gasteiger partial charge in [-0.2, -0.15) is 0 Å². The van der Waals surface area contributed by atoms with E-state index in [-0.39, 0.29) is 0 Å². The van der Waals surface area contributed by atoms with Crippen LogP contribution in [-0.4, -0.2) is 76.2 Å². The molecule has 4 N–H and O–H groups in total. The van der Waals surface area contributed by atoms with Gasteiger partial charge < -0.3 is 33.4 Å². The Morgan fingerprint density at radius 2 is 1.94 bits per heavy atom. The fourth-order valence-corrected chi connectivity index (χ4v) is 4.00. The maximum absolute atomic E-state index is 10.5. The lowest BCUT2D eigenvalue weighted by Gasteiger charge is -2.13. The van der Waals surface area contributed by atoms with Crippen LogP contribution in [0.4, 0.5) is 0 Å². The first kappa shape index (κ1) is 16.3. The summed E-state index contributed by atoms with van der Waals surface area (Å²) >= 11 is 0. The molecule has 0 bridgehead atoms. The van der Waals surface area contributed by atoms with Crippen LogP contribution in [0.2, 0.25) is 0 Å². The Labute approximate surface area is 106 Å². The van der Waals surface area contributed by atoms with E-state index >= 15 is 0 Å². The standard InChI is InChI=1S/C6H8O6.H8O2Si3/c7-1-2(8)5-3(9)4(10)6(11)12-5;3-1-5-2-4/h2,5,7-10H,1H2;5H2,3-4H3/t2-,5+;/m0./s1. The molecular formula is C6H16O8Si3. The van der Waals surface area contributed by atoms with Crippen LogP contribution in [-0.2, 0) is 17.8 Å². The molecule has 0 unspecified atom stereocenters. The van der Waals surface area contributed by atoms with Crippen LogP contribution in [0.25, 0.3) is 0 Å². The minimum absolute atomic E-state index is 0.444. The molecule has 0 aromatic carbocycles. The summed E-state index contributed by atoms with van der Waals surface area (Å²) < 4.78 is 13.9. The van der Waals surface area contributed by atoms with E-state index in [4.69, 9.17) is 28.7 Å². The lowest BCUT2D eigenvalue weighted by atomic mass is 10.2. The average Bonchev–Trinajstić information content (AvgIpc) is 2.58. The summed E-state index contributed by atoms with van der Waals surface area (Å²) in [7, 11) is 1.27.